The van der Waals surface area contributed by atoms with E-state index in [-0.39, 0.29) is 0 Å². The molecule has 0 bridgehead atoms. The summed E-state index contributed by atoms with van der Waals surface area (Å²) in [7, 11) is 0. The monoisotopic (exact) mass is 166 g/mol. The van der Waals surface area contributed by atoms with Crippen LogP contribution in [0.2, 0.25) is 0 Å². The molecule has 0 atom stereocenters. The predicted octanol–water partition coefficient (Wildman–Crippen LogP) is 0.869. The zero-order chi connectivity index (χ0) is 8.81. The molecule has 1 saturated carbocycles. The maximum atomic E-state index is 5.65. The van der Waals surface area contributed by atoms with Crippen molar-refractivity contribution >= 4 is 0 Å². The van der Waals surface area contributed by atoms with Crippen LogP contribution in [0.5, 0.6) is 0 Å². The van der Waals surface area contributed by atoms with E-state index in [1.807, 2.05) is 0 Å². The van der Waals surface area contributed by atoms with Gasteiger partial charge in [0.05, 0.1) is 0 Å². The standard InChI is InChI=1S/C10H18N2/c1-2-3-4-5-6-12-10-7-9(11)8-10/h1,9-10,12H,3-8,11H2. The Kier molecular flexibility index (Phi) is 4.13. The topological polar surface area (TPSA) is 38.0 Å². The first-order valence-corrected chi connectivity index (χ1v) is 4.75. The van der Waals surface area contributed by atoms with Gasteiger partial charge in [0.15, 0.2) is 0 Å². The van der Waals surface area contributed by atoms with Gasteiger partial charge in [-0.1, -0.05) is 0 Å². The van der Waals surface area contributed by atoms with Crippen molar-refractivity contribution in [2.45, 2.75) is 44.2 Å². The molecular formula is C10H18N2. The van der Waals surface area contributed by atoms with Crippen molar-refractivity contribution in [2.24, 2.45) is 5.73 Å². The molecule has 1 rings (SSSR count). The Morgan fingerprint density at radius 1 is 1.42 bits per heavy atom. The van der Waals surface area contributed by atoms with E-state index in [0.29, 0.717) is 12.1 Å². The lowest BCUT2D eigenvalue weighted by Gasteiger charge is -2.33. The number of nitrogens with one attached hydrogen (secondary N) is 1. The van der Waals surface area contributed by atoms with Crippen LogP contribution in [-0.4, -0.2) is 18.6 Å². The molecule has 2 heteroatoms. The van der Waals surface area contributed by atoms with Crippen LogP contribution in [0.4, 0.5) is 0 Å². The third kappa shape index (κ3) is 3.25. The molecule has 0 heterocycles. The van der Waals surface area contributed by atoms with Crippen molar-refractivity contribution < 1.29 is 0 Å². The fourth-order valence-electron chi connectivity index (χ4n) is 1.49. The van der Waals surface area contributed by atoms with Crippen LogP contribution >= 0.6 is 0 Å². The van der Waals surface area contributed by atoms with Crippen molar-refractivity contribution in [2.75, 3.05) is 6.54 Å². The van der Waals surface area contributed by atoms with Gasteiger partial charge < -0.3 is 11.1 Å². The molecule has 3 N–H and O–H groups in total. The molecule has 0 unspecified atom stereocenters. The fraction of sp³-hybridized carbons (Fsp3) is 0.800. The van der Waals surface area contributed by atoms with E-state index in [1.165, 1.54) is 6.42 Å². The number of hydrogen-bond acceptors (Lipinski definition) is 2. The molecule has 0 aromatic rings. The summed E-state index contributed by atoms with van der Waals surface area (Å²) in [5, 5.41) is 3.46. The average Bonchev–Trinajstić information content (AvgIpc) is 2.00. The Balaban J connectivity index is 1.81. The Morgan fingerprint density at radius 3 is 2.75 bits per heavy atom. The lowest BCUT2D eigenvalue weighted by atomic mass is 9.87. The molecule has 0 radical (unpaired) electrons. The van der Waals surface area contributed by atoms with Gasteiger partial charge in [-0.05, 0) is 32.2 Å². The van der Waals surface area contributed by atoms with Crippen LogP contribution in [0.1, 0.15) is 32.1 Å². The molecule has 12 heavy (non-hydrogen) atoms. The van der Waals surface area contributed by atoms with Gasteiger partial charge in [-0.15, -0.1) is 12.3 Å². The minimum Gasteiger partial charge on any atom is -0.328 e. The highest BCUT2D eigenvalue weighted by molar-refractivity contribution is 4.87. The van der Waals surface area contributed by atoms with Crippen molar-refractivity contribution in [3.63, 3.8) is 0 Å². The summed E-state index contributed by atoms with van der Waals surface area (Å²) in [6.07, 6.45) is 10.7. The molecule has 0 aromatic heterocycles. The van der Waals surface area contributed by atoms with Gasteiger partial charge in [-0.3, -0.25) is 0 Å². The highest BCUT2D eigenvalue weighted by Crippen LogP contribution is 2.16. The quantitative estimate of drug-likeness (QED) is 0.470. The summed E-state index contributed by atoms with van der Waals surface area (Å²) in [6.45, 7) is 1.10. The van der Waals surface area contributed by atoms with E-state index in [9.17, 15) is 0 Å². The molecule has 0 aliphatic heterocycles. The summed E-state index contributed by atoms with van der Waals surface area (Å²) in [6, 6.07) is 1.14. The highest BCUT2D eigenvalue weighted by atomic mass is 14.9. The minimum absolute atomic E-state index is 0.452. The normalized spacial score (nSPS) is 27.7. The van der Waals surface area contributed by atoms with Crippen LogP contribution in [0.3, 0.4) is 0 Å². The Bertz CT molecular complexity index is 154. The van der Waals surface area contributed by atoms with Crippen LogP contribution < -0.4 is 11.1 Å². The first kappa shape index (κ1) is 9.57. The molecule has 0 amide bonds. The fourth-order valence-corrected chi connectivity index (χ4v) is 1.49. The molecule has 1 aliphatic carbocycles. The van der Waals surface area contributed by atoms with E-state index in [2.05, 4.69) is 11.2 Å². The second-order valence-corrected chi connectivity index (χ2v) is 3.54. The summed E-state index contributed by atoms with van der Waals surface area (Å²) in [5.41, 5.74) is 5.65. The van der Waals surface area contributed by atoms with Gasteiger partial charge in [-0.2, -0.15) is 0 Å². The number of terminal acetylenes is 1. The summed E-state index contributed by atoms with van der Waals surface area (Å²) >= 11 is 0. The third-order valence-corrected chi connectivity index (χ3v) is 2.36. The van der Waals surface area contributed by atoms with Gasteiger partial charge in [0.1, 0.15) is 0 Å². The van der Waals surface area contributed by atoms with Gasteiger partial charge in [0, 0.05) is 18.5 Å². The van der Waals surface area contributed by atoms with Crippen LogP contribution in [0.15, 0.2) is 0 Å². The number of nitrogens with two attached hydrogens (primary N) is 1. The highest BCUT2D eigenvalue weighted by Gasteiger charge is 2.24. The lowest BCUT2D eigenvalue weighted by Crippen LogP contribution is -2.48. The molecule has 1 fully saturated rings. The zero-order valence-corrected chi connectivity index (χ0v) is 7.55. The smallest absolute Gasteiger partial charge is 0.00965 e. The van der Waals surface area contributed by atoms with E-state index in [1.54, 1.807) is 0 Å². The van der Waals surface area contributed by atoms with Crippen molar-refractivity contribution in [1.29, 1.82) is 0 Å². The van der Waals surface area contributed by atoms with Gasteiger partial charge in [0.25, 0.3) is 0 Å². The molecule has 0 saturated heterocycles. The molecule has 0 aromatic carbocycles. The van der Waals surface area contributed by atoms with Gasteiger partial charge in [-0.25, -0.2) is 0 Å². The van der Waals surface area contributed by atoms with E-state index >= 15 is 0 Å². The molecule has 0 spiro atoms. The second-order valence-electron chi connectivity index (χ2n) is 3.54. The SMILES string of the molecule is C#CCCCCNC1CC(N)C1. The first-order valence-electron chi connectivity index (χ1n) is 4.75. The van der Waals surface area contributed by atoms with E-state index < -0.39 is 0 Å². The van der Waals surface area contributed by atoms with Crippen LogP contribution in [-0.2, 0) is 0 Å². The Hall–Kier alpha value is -0.520. The molecular weight excluding hydrogens is 148 g/mol. The second kappa shape index (κ2) is 5.18. The maximum absolute atomic E-state index is 5.65. The summed E-state index contributed by atoms with van der Waals surface area (Å²) < 4.78 is 0. The molecule has 2 nitrogen and oxygen atoms in total. The van der Waals surface area contributed by atoms with Crippen molar-refractivity contribution in [3.05, 3.63) is 0 Å². The Labute approximate surface area is 74.9 Å². The van der Waals surface area contributed by atoms with E-state index in [4.69, 9.17) is 12.2 Å². The Morgan fingerprint density at radius 2 is 2.17 bits per heavy atom. The number of hydrogen-bond donors (Lipinski definition) is 2. The molecule has 68 valence electrons. The number of unbranched alkanes of at least 4 members (excludes halogenated alkanes) is 2. The van der Waals surface area contributed by atoms with Gasteiger partial charge >= 0.3 is 0 Å². The lowest BCUT2D eigenvalue weighted by molar-refractivity contribution is 0.291. The van der Waals surface area contributed by atoms with Gasteiger partial charge in [0.2, 0.25) is 0 Å². The van der Waals surface area contributed by atoms with Crippen LogP contribution in [0, 0.1) is 12.3 Å². The number of rotatable bonds is 5. The summed E-state index contributed by atoms with van der Waals surface area (Å²) in [4.78, 5) is 0. The van der Waals surface area contributed by atoms with E-state index in [0.717, 1.165) is 32.2 Å². The first-order chi connectivity index (χ1) is 5.83. The molecule has 1 aliphatic rings. The summed E-state index contributed by atoms with van der Waals surface area (Å²) in [5.74, 6) is 2.64. The third-order valence-electron chi connectivity index (χ3n) is 2.36. The van der Waals surface area contributed by atoms with Crippen LogP contribution in [0.25, 0.3) is 0 Å². The van der Waals surface area contributed by atoms with Crippen molar-refractivity contribution in [1.82, 2.24) is 5.32 Å². The maximum Gasteiger partial charge on any atom is 0.00965 e. The predicted molar refractivity (Wildman–Crippen MR) is 51.7 cm³/mol. The zero-order valence-electron chi connectivity index (χ0n) is 7.55. The minimum atomic E-state index is 0.452. The van der Waals surface area contributed by atoms with Crippen molar-refractivity contribution in [3.8, 4) is 12.3 Å². The largest absolute Gasteiger partial charge is 0.328 e. The average molecular weight is 166 g/mol.